The maximum atomic E-state index is 13.9. The third kappa shape index (κ3) is 4.99. The first kappa shape index (κ1) is 21.6. The molecule has 164 valence electrons. The molecule has 4 aromatic rings. The van der Waals surface area contributed by atoms with Gasteiger partial charge < -0.3 is 15.2 Å². The van der Waals surface area contributed by atoms with Crippen molar-refractivity contribution in [3.63, 3.8) is 0 Å². The monoisotopic (exact) mass is 442 g/mol. The molecule has 0 aliphatic heterocycles. The minimum absolute atomic E-state index is 0.0252. The topological polar surface area (TPSA) is 121 Å². The second-order valence-corrected chi connectivity index (χ2v) is 7.13. The van der Waals surface area contributed by atoms with Gasteiger partial charge in [-0.05, 0) is 42.5 Å². The molecule has 0 bridgehead atoms. The quantitative estimate of drug-likeness (QED) is 0.451. The third-order valence-corrected chi connectivity index (χ3v) is 4.97. The van der Waals surface area contributed by atoms with E-state index in [2.05, 4.69) is 30.8 Å². The van der Waals surface area contributed by atoms with Gasteiger partial charge >= 0.3 is 0 Å². The summed E-state index contributed by atoms with van der Waals surface area (Å²) in [5, 5.41) is 23.3. The highest BCUT2D eigenvalue weighted by Gasteiger charge is 2.12. The third-order valence-electron chi connectivity index (χ3n) is 4.97. The first-order valence-electron chi connectivity index (χ1n) is 10.0. The van der Waals surface area contributed by atoms with E-state index < -0.39 is 5.82 Å². The minimum Gasteiger partial charge on any atom is -0.378 e. The van der Waals surface area contributed by atoms with Gasteiger partial charge in [-0.1, -0.05) is 6.07 Å². The first-order valence-corrected chi connectivity index (χ1v) is 10.0. The molecule has 1 amide bonds. The Balaban J connectivity index is 1.40. The van der Waals surface area contributed by atoms with Gasteiger partial charge in [-0.25, -0.2) is 14.4 Å². The second-order valence-electron chi connectivity index (χ2n) is 7.13. The number of carbonyl (C=O) groups is 1. The van der Waals surface area contributed by atoms with E-state index in [0.717, 1.165) is 0 Å². The Bertz CT molecular complexity index is 1330. The number of carbonyl (C=O) groups excluding carboxylic acids is 1. The Kier molecular flexibility index (Phi) is 6.31. The fraction of sp³-hybridized carbons (Fsp3) is 0.130. The molecule has 2 heterocycles. The van der Waals surface area contributed by atoms with Gasteiger partial charge in [0, 0.05) is 36.6 Å². The van der Waals surface area contributed by atoms with Crippen molar-refractivity contribution >= 4 is 11.6 Å². The van der Waals surface area contributed by atoms with E-state index in [1.807, 2.05) is 23.8 Å². The van der Waals surface area contributed by atoms with E-state index in [4.69, 9.17) is 5.26 Å². The van der Waals surface area contributed by atoms with Crippen molar-refractivity contribution in [2.45, 2.75) is 13.1 Å². The van der Waals surface area contributed by atoms with Crippen LogP contribution in [0.2, 0.25) is 0 Å². The summed E-state index contributed by atoms with van der Waals surface area (Å²) in [4.78, 5) is 20.7. The number of hydrogen-bond donors (Lipinski definition) is 2. The number of hydrogen-bond acceptors (Lipinski definition) is 7. The zero-order chi connectivity index (χ0) is 23.2. The van der Waals surface area contributed by atoms with E-state index in [0.29, 0.717) is 40.7 Å². The highest BCUT2D eigenvalue weighted by Crippen LogP contribution is 2.16. The van der Waals surface area contributed by atoms with Crippen LogP contribution in [-0.2, 0) is 20.1 Å². The van der Waals surface area contributed by atoms with Crippen molar-refractivity contribution in [3.05, 3.63) is 89.4 Å². The van der Waals surface area contributed by atoms with Crippen molar-refractivity contribution in [3.8, 4) is 17.6 Å². The standard InChI is InChI=1S/C23H19FN8O/c1-32-21(30-31-22(32)20-7-8-26-14-29-20)13-27-18-4-2-3-16(10-18)23(33)28-12-17-9-15(11-25)5-6-19(17)24/h2-10,14,27H,12-13H2,1H3,(H,28,33). The summed E-state index contributed by atoms with van der Waals surface area (Å²) in [7, 11) is 1.85. The van der Waals surface area contributed by atoms with Gasteiger partial charge in [-0.15, -0.1) is 10.2 Å². The SMILES string of the molecule is Cn1c(CNc2cccc(C(=O)NCc3cc(C#N)ccc3F)c2)nnc1-c1ccncn1. The summed E-state index contributed by atoms with van der Waals surface area (Å²) in [5.41, 5.74) is 2.38. The molecule has 0 aliphatic carbocycles. The van der Waals surface area contributed by atoms with E-state index in [1.54, 1.807) is 30.5 Å². The van der Waals surface area contributed by atoms with Crippen molar-refractivity contribution < 1.29 is 9.18 Å². The smallest absolute Gasteiger partial charge is 0.251 e. The number of nitriles is 1. The predicted octanol–water partition coefficient (Wildman–Crippen LogP) is 2.82. The largest absolute Gasteiger partial charge is 0.378 e. The van der Waals surface area contributed by atoms with Crippen LogP contribution in [-0.4, -0.2) is 30.6 Å². The lowest BCUT2D eigenvalue weighted by atomic mass is 10.1. The van der Waals surface area contributed by atoms with Crippen LogP contribution >= 0.6 is 0 Å². The molecule has 0 spiro atoms. The van der Waals surface area contributed by atoms with Crippen molar-refractivity contribution in [1.29, 1.82) is 5.26 Å². The van der Waals surface area contributed by atoms with Crippen LogP contribution in [0.1, 0.15) is 27.3 Å². The van der Waals surface area contributed by atoms with Crippen LogP contribution in [0.25, 0.3) is 11.5 Å². The van der Waals surface area contributed by atoms with Gasteiger partial charge in [-0.2, -0.15) is 5.26 Å². The number of amides is 1. The Morgan fingerprint density at radius 2 is 2.03 bits per heavy atom. The highest BCUT2D eigenvalue weighted by atomic mass is 19.1. The Morgan fingerprint density at radius 1 is 1.15 bits per heavy atom. The number of rotatable bonds is 7. The zero-order valence-electron chi connectivity index (χ0n) is 17.7. The van der Waals surface area contributed by atoms with Crippen molar-refractivity contribution in [1.82, 2.24) is 30.0 Å². The molecule has 2 N–H and O–H groups in total. The van der Waals surface area contributed by atoms with Crippen LogP contribution in [0.3, 0.4) is 0 Å². The van der Waals surface area contributed by atoms with Crippen LogP contribution in [0, 0.1) is 17.1 Å². The van der Waals surface area contributed by atoms with Crippen molar-refractivity contribution in [2.75, 3.05) is 5.32 Å². The summed E-state index contributed by atoms with van der Waals surface area (Å²) < 4.78 is 15.8. The molecule has 0 atom stereocenters. The molecule has 0 unspecified atom stereocenters. The molecule has 33 heavy (non-hydrogen) atoms. The van der Waals surface area contributed by atoms with Gasteiger partial charge in [0.05, 0.1) is 18.2 Å². The average molecular weight is 442 g/mol. The molecule has 2 aromatic heterocycles. The Labute approximate surface area is 189 Å². The number of benzene rings is 2. The summed E-state index contributed by atoms with van der Waals surface area (Å²) in [5.74, 6) is 0.473. The summed E-state index contributed by atoms with van der Waals surface area (Å²) in [6, 6.07) is 14.7. The number of anilines is 1. The molecule has 0 radical (unpaired) electrons. The zero-order valence-corrected chi connectivity index (χ0v) is 17.7. The van der Waals surface area contributed by atoms with Crippen LogP contribution in [0.4, 0.5) is 10.1 Å². The lowest BCUT2D eigenvalue weighted by Crippen LogP contribution is -2.23. The fourth-order valence-electron chi connectivity index (χ4n) is 3.17. The molecule has 2 aromatic carbocycles. The lowest BCUT2D eigenvalue weighted by molar-refractivity contribution is 0.0950. The average Bonchev–Trinajstić information content (AvgIpc) is 3.23. The van der Waals surface area contributed by atoms with E-state index in [-0.39, 0.29) is 18.0 Å². The van der Waals surface area contributed by atoms with Gasteiger partial charge in [0.1, 0.15) is 17.8 Å². The minimum atomic E-state index is -0.477. The van der Waals surface area contributed by atoms with Gasteiger partial charge in [0.2, 0.25) is 0 Å². The number of halogens is 1. The molecule has 0 fully saturated rings. The van der Waals surface area contributed by atoms with E-state index in [9.17, 15) is 9.18 Å². The first-order chi connectivity index (χ1) is 16.0. The number of nitrogens with zero attached hydrogens (tertiary/aromatic N) is 6. The van der Waals surface area contributed by atoms with Crippen LogP contribution < -0.4 is 10.6 Å². The van der Waals surface area contributed by atoms with E-state index in [1.165, 1.54) is 24.5 Å². The second kappa shape index (κ2) is 9.65. The van der Waals surface area contributed by atoms with Crippen LogP contribution in [0.5, 0.6) is 0 Å². The molecule has 0 aliphatic rings. The molecule has 0 saturated carbocycles. The van der Waals surface area contributed by atoms with E-state index >= 15 is 0 Å². The lowest BCUT2D eigenvalue weighted by Gasteiger charge is -2.10. The van der Waals surface area contributed by atoms with Gasteiger partial charge in [-0.3, -0.25) is 4.79 Å². The Hall–Kier alpha value is -4.65. The molecular weight excluding hydrogens is 423 g/mol. The molecule has 9 nitrogen and oxygen atoms in total. The van der Waals surface area contributed by atoms with Gasteiger partial charge in [0.25, 0.3) is 5.91 Å². The molecular formula is C23H19FN8O. The number of nitrogens with one attached hydrogen (secondary N) is 2. The fourth-order valence-corrected chi connectivity index (χ4v) is 3.17. The predicted molar refractivity (Wildman–Crippen MR) is 118 cm³/mol. The molecule has 4 rings (SSSR count). The summed E-state index contributed by atoms with van der Waals surface area (Å²) in [6.45, 7) is 0.356. The van der Waals surface area contributed by atoms with Crippen molar-refractivity contribution in [2.24, 2.45) is 7.05 Å². The van der Waals surface area contributed by atoms with Gasteiger partial charge in [0.15, 0.2) is 11.6 Å². The maximum absolute atomic E-state index is 13.9. The van der Waals surface area contributed by atoms with Crippen LogP contribution in [0.15, 0.2) is 61.1 Å². The summed E-state index contributed by atoms with van der Waals surface area (Å²) >= 11 is 0. The highest BCUT2D eigenvalue weighted by molar-refractivity contribution is 5.95. The summed E-state index contributed by atoms with van der Waals surface area (Å²) in [6.07, 6.45) is 3.09. The molecule has 10 heteroatoms. The normalized spacial score (nSPS) is 10.5. The molecule has 0 saturated heterocycles. The Morgan fingerprint density at radius 3 is 2.82 bits per heavy atom. The number of aromatic nitrogens is 5. The maximum Gasteiger partial charge on any atom is 0.251 e.